The Morgan fingerprint density at radius 3 is 2.64 bits per heavy atom. The van der Waals surface area contributed by atoms with Gasteiger partial charge in [-0.15, -0.1) is 0 Å². The van der Waals surface area contributed by atoms with E-state index in [0.717, 1.165) is 12.0 Å². The smallest absolute Gasteiger partial charge is 0.339 e. The first-order chi connectivity index (χ1) is 5.07. The Morgan fingerprint density at radius 1 is 1.73 bits per heavy atom. The van der Waals surface area contributed by atoms with E-state index in [9.17, 15) is 4.79 Å². The van der Waals surface area contributed by atoms with Gasteiger partial charge >= 0.3 is 5.97 Å². The monoisotopic (exact) mass is 158 g/mol. The van der Waals surface area contributed by atoms with Gasteiger partial charge in [0.05, 0.1) is 6.26 Å². The highest BCUT2D eigenvalue weighted by Gasteiger charge is 2.07. The number of hydrogen-bond donors (Lipinski definition) is 1. The third-order valence-electron chi connectivity index (χ3n) is 1.28. The van der Waals surface area contributed by atoms with Gasteiger partial charge in [0, 0.05) is 0 Å². The second kappa shape index (κ2) is 4.91. The predicted molar refractivity (Wildman–Crippen MR) is 41.8 cm³/mol. The minimum atomic E-state index is -1.05. The minimum absolute atomic E-state index is 0.613. The van der Waals surface area contributed by atoms with Gasteiger partial charge in [0.1, 0.15) is 6.10 Å². The van der Waals surface area contributed by atoms with E-state index in [4.69, 9.17) is 5.11 Å². The van der Waals surface area contributed by atoms with Crippen LogP contribution >= 0.6 is 0 Å². The zero-order valence-electron chi connectivity index (χ0n) is 7.13. The molecule has 3 heteroatoms. The first-order valence-corrected chi connectivity index (χ1v) is 3.62. The van der Waals surface area contributed by atoms with E-state index < -0.39 is 12.1 Å². The molecule has 0 aliphatic heterocycles. The molecular formula is C8H14O3. The Balaban J connectivity index is 3.78. The molecule has 0 aliphatic carbocycles. The molecule has 0 aliphatic rings. The quantitative estimate of drug-likeness (QED) is 0.496. The van der Waals surface area contributed by atoms with Crippen LogP contribution in [0.15, 0.2) is 11.8 Å². The summed E-state index contributed by atoms with van der Waals surface area (Å²) in [7, 11) is 0. The molecule has 1 unspecified atom stereocenters. The van der Waals surface area contributed by atoms with Gasteiger partial charge in [-0.3, -0.25) is 0 Å². The lowest BCUT2D eigenvalue weighted by Crippen LogP contribution is -2.16. The van der Waals surface area contributed by atoms with Crippen LogP contribution in [-0.4, -0.2) is 17.2 Å². The largest absolute Gasteiger partial charge is 0.433 e. The van der Waals surface area contributed by atoms with Crippen LogP contribution in [0.3, 0.4) is 0 Å². The molecule has 11 heavy (non-hydrogen) atoms. The Morgan fingerprint density at radius 2 is 2.27 bits per heavy atom. The van der Waals surface area contributed by atoms with Crippen LogP contribution in [0.2, 0.25) is 0 Å². The van der Waals surface area contributed by atoms with Crippen molar-refractivity contribution in [3.8, 4) is 0 Å². The molecule has 0 spiro atoms. The average molecular weight is 158 g/mol. The van der Waals surface area contributed by atoms with Gasteiger partial charge in [0.15, 0.2) is 0 Å². The number of esters is 1. The molecule has 1 N–H and O–H groups in total. The first kappa shape index (κ1) is 10.2. The van der Waals surface area contributed by atoms with Crippen molar-refractivity contribution in [2.75, 3.05) is 0 Å². The summed E-state index contributed by atoms with van der Waals surface area (Å²) in [4.78, 5) is 10.6. The zero-order chi connectivity index (χ0) is 8.85. The molecule has 0 heterocycles. The standard InChI is InChI=1S/C8H14O3/c1-4-6(2)5-11-8(10)7(3)9/h5,7,9H,4H2,1-3H3. The highest BCUT2D eigenvalue weighted by atomic mass is 16.5. The minimum Gasteiger partial charge on any atom is -0.433 e. The highest BCUT2D eigenvalue weighted by Crippen LogP contribution is 1.98. The van der Waals surface area contributed by atoms with Crippen molar-refractivity contribution in [3.05, 3.63) is 11.8 Å². The van der Waals surface area contributed by atoms with E-state index >= 15 is 0 Å². The molecule has 1 atom stereocenters. The van der Waals surface area contributed by atoms with Crippen LogP contribution in [-0.2, 0) is 9.53 Å². The molecule has 0 amide bonds. The van der Waals surface area contributed by atoms with Crippen molar-refractivity contribution < 1.29 is 14.6 Å². The summed E-state index contributed by atoms with van der Waals surface area (Å²) in [6, 6.07) is 0. The summed E-state index contributed by atoms with van der Waals surface area (Å²) in [5.74, 6) is -0.613. The van der Waals surface area contributed by atoms with Crippen molar-refractivity contribution in [1.29, 1.82) is 0 Å². The Hall–Kier alpha value is -0.830. The molecule has 0 aromatic carbocycles. The van der Waals surface area contributed by atoms with E-state index in [1.54, 1.807) is 0 Å². The van der Waals surface area contributed by atoms with Crippen LogP contribution in [0.25, 0.3) is 0 Å². The Kier molecular flexibility index (Phi) is 4.54. The third-order valence-corrected chi connectivity index (χ3v) is 1.28. The molecule has 0 radical (unpaired) electrons. The Labute approximate surface area is 66.7 Å². The second-order valence-corrected chi connectivity index (χ2v) is 2.43. The van der Waals surface area contributed by atoms with E-state index in [1.165, 1.54) is 13.2 Å². The van der Waals surface area contributed by atoms with E-state index in [0.29, 0.717) is 0 Å². The molecule has 3 nitrogen and oxygen atoms in total. The molecule has 0 aromatic rings. The molecule has 64 valence electrons. The van der Waals surface area contributed by atoms with Crippen LogP contribution in [0.4, 0.5) is 0 Å². The normalized spacial score (nSPS) is 14.4. The lowest BCUT2D eigenvalue weighted by Gasteiger charge is -2.01. The van der Waals surface area contributed by atoms with E-state index in [1.807, 2.05) is 13.8 Å². The number of aliphatic hydroxyl groups is 1. The first-order valence-electron chi connectivity index (χ1n) is 3.62. The van der Waals surface area contributed by atoms with Gasteiger partial charge in [-0.05, 0) is 25.8 Å². The van der Waals surface area contributed by atoms with Gasteiger partial charge < -0.3 is 9.84 Å². The number of allylic oxidation sites excluding steroid dienone is 1. The SMILES string of the molecule is CCC(C)=COC(=O)C(C)O. The number of hydrogen-bond acceptors (Lipinski definition) is 3. The van der Waals surface area contributed by atoms with Gasteiger partial charge in [0.2, 0.25) is 0 Å². The van der Waals surface area contributed by atoms with Crippen LogP contribution in [0.5, 0.6) is 0 Å². The Bertz CT molecular complexity index is 159. The molecule has 0 saturated heterocycles. The summed E-state index contributed by atoms with van der Waals surface area (Å²) in [6.07, 6.45) is 1.17. The molecule has 0 fully saturated rings. The number of ether oxygens (including phenoxy) is 1. The maximum absolute atomic E-state index is 10.6. The van der Waals surface area contributed by atoms with Crippen molar-refractivity contribution in [2.24, 2.45) is 0 Å². The molecule has 0 saturated carbocycles. The lowest BCUT2D eigenvalue weighted by molar-refractivity contribution is -0.146. The summed E-state index contributed by atoms with van der Waals surface area (Å²) in [6.45, 7) is 5.19. The van der Waals surface area contributed by atoms with Crippen LogP contribution in [0, 0.1) is 0 Å². The predicted octanol–water partition coefficient (Wildman–Crippen LogP) is 1.22. The van der Waals surface area contributed by atoms with Crippen molar-refractivity contribution in [2.45, 2.75) is 33.3 Å². The average Bonchev–Trinajstić information content (AvgIpc) is 1.99. The molecule has 0 rings (SSSR count). The topological polar surface area (TPSA) is 46.5 Å². The highest BCUT2D eigenvalue weighted by molar-refractivity contribution is 5.74. The summed E-state index contributed by atoms with van der Waals surface area (Å²) in [5.41, 5.74) is 0.971. The maximum atomic E-state index is 10.6. The van der Waals surface area contributed by atoms with Gasteiger partial charge in [-0.2, -0.15) is 0 Å². The number of aliphatic hydroxyl groups excluding tert-OH is 1. The second-order valence-electron chi connectivity index (χ2n) is 2.43. The number of carbonyl (C=O) groups is 1. The van der Waals surface area contributed by atoms with Gasteiger partial charge in [-0.25, -0.2) is 4.79 Å². The molecular weight excluding hydrogens is 144 g/mol. The van der Waals surface area contributed by atoms with Crippen molar-refractivity contribution in [3.63, 3.8) is 0 Å². The summed E-state index contributed by atoms with van der Waals surface area (Å²) < 4.78 is 4.61. The van der Waals surface area contributed by atoms with E-state index in [-0.39, 0.29) is 0 Å². The van der Waals surface area contributed by atoms with E-state index in [2.05, 4.69) is 4.74 Å². The molecule has 0 aromatic heterocycles. The van der Waals surface area contributed by atoms with Crippen molar-refractivity contribution in [1.82, 2.24) is 0 Å². The summed E-state index contributed by atoms with van der Waals surface area (Å²) >= 11 is 0. The van der Waals surface area contributed by atoms with Crippen LogP contribution < -0.4 is 0 Å². The number of carbonyl (C=O) groups excluding carboxylic acids is 1. The summed E-state index contributed by atoms with van der Waals surface area (Å²) in [5, 5.41) is 8.70. The fourth-order valence-electron chi connectivity index (χ4n) is 0.340. The zero-order valence-corrected chi connectivity index (χ0v) is 7.13. The van der Waals surface area contributed by atoms with Crippen molar-refractivity contribution >= 4 is 5.97 Å². The van der Waals surface area contributed by atoms with Gasteiger partial charge in [0.25, 0.3) is 0 Å². The van der Waals surface area contributed by atoms with Crippen LogP contribution in [0.1, 0.15) is 27.2 Å². The fourth-order valence-corrected chi connectivity index (χ4v) is 0.340. The lowest BCUT2D eigenvalue weighted by atomic mass is 10.3. The fraction of sp³-hybridized carbons (Fsp3) is 0.625. The maximum Gasteiger partial charge on any atom is 0.339 e. The number of rotatable bonds is 3. The molecule has 0 bridgehead atoms. The third kappa shape index (κ3) is 4.56. The van der Waals surface area contributed by atoms with Gasteiger partial charge in [-0.1, -0.05) is 6.92 Å².